The Hall–Kier alpha value is -1.55. The molecule has 0 aliphatic rings. The summed E-state index contributed by atoms with van der Waals surface area (Å²) in [7, 11) is 1.84. The average molecular weight is 349 g/mol. The van der Waals surface area contributed by atoms with E-state index in [0.717, 1.165) is 10.0 Å². The molecule has 0 N–H and O–H groups in total. The molecule has 0 atom stereocenters. The Kier molecular flexibility index (Phi) is 4.88. The summed E-state index contributed by atoms with van der Waals surface area (Å²) in [6.45, 7) is 6.82. The van der Waals surface area contributed by atoms with Gasteiger partial charge in [0, 0.05) is 30.3 Å². The number of carbonyl (C=O) groups is 1. The van der Waals surface area contributed by atoms with Crippen LogP contribution in [-0.4, -0.2) is 22.4 Å². The highest BCUT2D eigenvalue weighted by Gasteiger charge is 2.18. The van der Waals surface area contributed by atoms with Crippen molar-refractivity contribution in [2.24, 2.45) is 0 Å². The number of hydrogen-bond donors (Lipinski definition) is 0. The lowest BCUT2D eigenvalue weighted by atomic mass is 10.1. The molecule has 21 heavy (non-hydrogen) atoms. The molecule has 0 spiro atoms. The molecule has 0 radical (unpaired) electrons. The number of amides is 1. The van der Waals surface area contributed by atoms with Gasteiger partial charge in [0.2, 0.25) is 0 Å². The molecule has 1 amide bonds. The zero-order valence-electron chi connectivity index (χ0n) is 12.9. The quantitative estimate of drug-likeness (QED) is 0.803. The van der Waals surface area contributed by atoms with Crippen LogP contribution < -0.4 is 0 Å². The van der Waals surface area contributed by atoms with Crippen LogP contribution in [0.5, 0.6) is 0 Å². The van der Waals surface area contributed by atoms with Crippen LogP contribution in [0.1, 0.15) is 41.5 Å². The zero-order valence-corrected chi connectivity index (χ0v) is 14.5. The SMILES string of the molecule is Cc1ccc(CN(C)C(=O)c2cc(Br)cn2C(C)C)cc1. The van der Waals surface area contributed by atoms with E-state index in [1.54, 1.807) is 4.90 Å². The smallest absolute Gasteiger partial charge is 0.270 e. The highest BCUT2D eigenvalue weighted by atomic mass is 79.9. The Morgan fingerprint density at radius 2 is 1.90 bits per heavy atom. The lowest BCUT2D eigenvalue weighted by Crippen LogP contribution is -2.28. The lowest BCUT2D eigenvalue weighted by molar-refractivity contribution is 0.0772. The van der Waals surface area contributed by atoms with Crippen LogP contribution in [-0.2, 0) is 6.54 Å². The Bertz CT molecular complexity index is 629. The fraction of sp³-hybridized carbons (Fsp3) is 0.353. The molecule has 0 aliphatic carbocycles. The lowest BCUT2D eigenvalue weighted by Gasteiger charge is -2.20. The third kappa shape index (κ3) is 3.76. The predicted octanol–water partition coefficient (Wildman–Crippen LogP) is 4.41. The van der Waals surface area contributed by atoms with Gasteiger partial charge in [-0.05, 0) is 48.3 Å². The first-order valence-corrected chi connectivity index (χ1v) is 7.86. The summed E-state index contributed by atoms with van der Waals surface area (Å²) in [4.78, 5) is 14.4. The second-order valence-electron chi connectivity index (χ2n) is 5.69. The molecule has 0 bridgehead atoms. The highest BCUT2D eigenvalue weighted by molar-refractivity contribution is 9.10. The van der Waals surface area contributed by atoms with Crippen molar-refractivity contribution >= 4 is 21.8 Å². The minimum absolute atomic E-state index is 0.0370. The molecule has 3 nitrogen and oxygen atoms in total. The first-order chi connectivity index (χ1) is 9.88. The summed E-state index contributed by atoms with van der Waals surface area (Å²) in [5.74, 6) is 0.0370. The topological polar surface area (TPSA) is 25.2 Å². The van der Waals surface area contributed by atoms with Gasteiger partial charge in [-0.1, -0.05) is 29.8 Å². The molecule has 2 rings (SSSR count). The maximum absolute atomic E-state index is 12.6. The van der Waals surface area contributed by atoms with E-state index < -0.39 is 0 Å². The third-order valence-electron chi connectivity index (χ3n) is 3.48. The van der Waals surface area contributed by atoms with E-state index in [1.165, 1.54) is 5.56 Å². The molecule has 1 heterocycles. The molecule has 2 aromatic rings. The van der Waals surface area contributed by atoms with Gasteiger partial charge in [0.1, 0.15) is 5.69 Å². The first kappa shape index (κ1) is 15.8. The van der Waals surface area contributed by atoms with Crippen LogP contribution in [0.15, 0.2) is 41.0 Å². The molecule has 112 valence electrons. The van der Waals surface area contributed by atoms with Crippen LogP contribution >= 0.6 is 15.9 Å². The second-order valence-corrected chi connectivity index (χ2v) is 6.61. The number of carbonyl (C=O) groups excluding carboxylic acids is 1. The molecular formula is C17H21BrN2O. The molecule has 0 fully saturated rings. The van der Waals surface area contributed by atoms with Gasteiger partial charge in [0.05, 0.1) is 0 Å². The van der Waals surface area contributed by atoms with Gasteiger partial charge >= 0.3 is 0 Å². The molecule has 4 heteroatoms. The predicted molar refractivity (Wildman–Crippen MR) is 89.5 cm³/mol. The van der Waals surface area contributed by atoms with Gasteiger partial charge in [-0.3, -0.25) is 4.79 Å². The Balaban J connectivity index is 2.17. The van der Waals surface area contributed by atoms with Crippen LogP contribution in [0.4, 0.5) is 0 Å². The van der Waals surface area contributed by atoms with Gasteiger partial charge in [-0.15, -0.1) is 0 Å². The molecule has 1 aromatic carbocycles. The summed E-state index contributed by atoms with van der Waals surface area (Å²) in [5, 5.41) is 0. The fourth-order valence-electron chi connectivity index (χ4n) is 2.28. The summed E-state index contributed by atoms with van der Waals surface area (Å²) < 4.78 is 2.93. The van der Waals surface area contributed by atoms with Gasteiger partial charge in [0.15, 0.2) is 0 Å². The third-order valence-corrected chi connectivity index (χ3v) is 3.91. The van der Waals surface area contributed by atoms with Crippen molar-refractivity contribution in [3.63, 3.8) is 0 Å². The van der Waals surface area contributed by atoms with Crippen molar-refractivity contribution in [2.45, 2.75) is 33.4 Å². The standard InChI is InChI=1S/C17H21BrN2O/c1-12(2)20-11-15(18)9-16(20)17(21)19(4)10-14-7-5-13(3)6-8-14/h5-9,11-12H,10H2,1-4H3. The van der Waals surface area contributed by atoms with Gasteiger partial charge in [-0.2, -0.15) is 0 Å². The second kappa shape index (κ2) is 6.48. The molecular weight excluding hydrogens is 328 g/mol. The number of hydrogen-bond acceptors (Lipinski definition) is 1. The van der Waals surface area contributed by atoms with E-state index in [-0.39, 0.29) is 11.9 Å². The van der Waals surface area contributed by atoms with E-state index in [1.807, 2.05) is 23.9 Å². The van der Waals surface area contributed by atoms with Crippen molar-refractivity contribution < 1.29 is 4.79 Å². The van der Waals surface area contributed by atoms with Crippen molar-refractivity contribution in [1.29, 1.82) is 0 Å². The minimum atomic E-state index is 0.0370. The van der Waals surface area contributed by atoms with Crippen molar-refractivity contribution in [2.75, 3.05) is 7.05 Å². The van der Waals surface area contributed by atoms with Crippen LogP contribution in [0, 0.1) is 6.92 Å². The maximum atomic E-state index is 12.6. The molecule has 1 aromatic heterocycles. The van der Waals surface area contributed by atoms with Crippen LogP contribution in [0.2, 0.25) is 0 Å². The molecule has 0 unspecified atom stereocenters. The Morgan fingerprint density at radius 3 is 2.48 bits per heavy atom. The van der Waals surface area contributed by atoms with E-state index in [2.05, 4.69) is 61.0 Å². The van der Waals surface area contributed by atoms with E-state index in [0.29, 0.717) is 12.2 Å². The molecule has 0 saturated carbocycles. The maximum Gasteiger partial charge on any atom is 0.270 e. The highest BCUT2D eigenvalue weighted by Crippen LogP contribution is 2.21. The van der Waals surface area contributed by atoms with E-state index in [4.69, 9.17) is 0 Å². The van der Waals surface area contributed by atoms with E-state index >= 15 is 0 Å². The summed E-state index contributed by atoms with van der Waals surface area (Å²) >= 11 is 3.45. The Labute approximate surface area is 134 Å². The number of rotatable bonds is 4. The minimum Gasteiger partial charge on any atom is -0.340 e. The van der Waals surface area contributed by atoms with Crippen LogP contribution in [0.25, 0.3) is 0 Å². The number of halogens is 1. The zero-order chi connectivity index (χ0) is 15.6. The van der Waals surface area contributed by atoms with Gasteiger partial charge in [-0.25, -0.2) is 0 Å². The molecule has 0 aliphatic heterocycles. The summed E-state index contributed by atoms with van der Waals surface area (Å²) in [6, 6.07) is 10.4. The van der Waals surface area contributed by atoms with E-state index in [9.17, 15) is 4.79 Å². The fourth-order valence-corrected chi connectivity index (χ4v) is 2.72. The largest absolute Gasteiger partial charge is 0.340 e. The first-order valence-electron chi connectivity index (χ1n) is 7.07. The number of aryl methyl sites for hydroxylation is 1. The van der Waals surface area contributed by atoms with Gasteiger partial charge < -0.3 is 9.47 Å². The summed E-state index contributed by atoms with van der Waals surface area (Å²) in [5.41, 5.74) is 3.08. The normalized spacial score (nSPS) is 11.0. The van der Waals surface area contributed by atoms with Crippen molar-refractivity contribution in [1.82, 2.24) is 9.47 Å². The van der Waals surface area contributed by atoms with Crippen LogP contribution in [0.3, 0.4) is 0 Å². The average Bonchev–Trinajstić information content (AvgIpc) is 2.82. The number of nitrogens with zero attached hydrogens (tertiary/aromatic N) is 2. The number of aromatic nitrogens is 1. The van der Waals surface area contributed by atoms with Crippen molar-refractivity contribution in [3.8, 4) is 0 Å². The monoisotopic (exact) mass is 348 g/mol. The Morgan fingerprint density at radius 1 is 1.29 bits per heavy atom. The number of benzene rings is 1. The summed E-state index contributed by atoms with van der Waals surface area (Å²) in [6.07, 6.45) is 1.96. The molecule has 0 saturated heterocycles. The van der Waals surface area contributed by atoms with Gasteiger partial charge in [0.25, 0.3) is 5.91 Å². The van der Waals surface area contributed by atoms with Crippen molar-refractivity contribution in [3.05, 3.63) is 57.8 Å².